The molecule has 128 valence electrons. The summed E-state index contributed by atoms with van der Waals surface area (Å²) in [5.74, 6) is 5.82. The number of carboxylic acids is 1. The van der Waals surface area contributed by atoms with Crippen LogP contribution >= 0.6 is 0 Å². The molecule has 1 saturated heterocycles. The molecule has 2 atom stereocenters. The lowest BCUT2D eigenvalue weighted by Crippen LogP contribution is -2.41. The van der Waals surface area contributed by atoms with Crippen LogP contribution in [-0.2, 0) is 4.74 Å². The number of rotatable bonds is 1. The van der Waals surface area contributed by atoms with Gasteiger partial charge in [0.2, 0.25) is 0 Å². The molecule has 2 aliphatic rings. The normalized spacial score (nSPS) is 29.4. The van der Waals surface area contributed by atoms with Crippen LogP contribution in [0.15, 0.2) is 36.4 Å². The summed E-state index contributed by atoms with van der Waals surface area (Å²) in [6.07, 6.45) is 3.36. The largest absolute Gasteiger partial charge is 0.478 e. The number of ether oxygens (including phenoxy) is 1. The van der Waals surface area contributed by atoms with Gasteiger partial charge < -0.3 is 9.84 Å². The van der Waals surface area contributed by atoms with E-state index in [-0.39, 0.29) is 16.6 Å². The fourth-order valence-electron chi connectivity index (χ4n) is 4.47. The van der Waals surface area contributed by atoms with Gasteiger partial charge in [0.25, 0.3) is 0 Å². The molecule has 4 rings (SSSR count). The molecule has 2 fully saturated rings. The summed E-state index contributed by atoms with van der Waals surface area (Å²) in [7, 11) is 0. The average molecular weight is 334 g/mol. The topological polar surface area (TPSA) is 49.8 Å². The Morgan fingerprint density at radius 3 is 2.68 bits per heavy atom. The lowest BCUT2D eigenvalue weighted by molar-refractivity contribution is 0.0699. The van der Waals surface area contributed by atoms with Crippen LogP contribution in [0.5, 0.6) is 0 Å². The van der Waals surface area contributed by atoms with Crippen LogP contribution in [0.1, 0.15) is 56.0 Å². The maximum Gasteiger partial charge on any atom is 0.336 e. The highest BCUT2D eigenvalue weighted by Gasteiger charge is 2.74. The highest BCUT2D eigenvalue weighted by atomic mass is 16.6. The van der Waals surface area contributed by atoms with E-state index in [1.807, 2.05) is 24.3 Å². The van der Waals surface area contributed by atoms with E-state index in [4.69, 9.17) is 4.74 Å². The van der Waals surface area contributed by atoms with Crippen molar-refractivity contribution in [3.8, 4) is 11.8 Å². The third kappa shape index (κ3) is 2.28. The van der Waals surface area contributed by atoms with Crippen molar-refractivity contribution in [1.82, 2.24) is 0 Å². The molecule has 0 radical (unpaired) electrons. The number of hydrogen-bond acceptors (Lipinski definition) is 2. The molecule has 2 aromatic rings. The van der Waals surface area contributed by atoms with Gasteiger partial charge in [-0.1, -0.05) is 43.9 Å². The zero-order valence-electron chi connectivity index (χ0n) is 14.8. The van der Waals surface area contributed by atoms with Crippen molar-refractivity contribution in [2.24, 2.45) is 5.41 Å². The Kier molecular flexibility index (Phi) is 3.30. The summed E-state index contributed by atoms with van der Waals surface area (Å²) < 4.78 is 6.18. The number of aromatic carboxylic acids is 1. The van der Waals surface area contributed by atoms with Crippen molar-refractivity contribution in [1.29, 1.82) is 0 Å². The highest BCUT2D eigenvalue weighted by molar-refractivity contribution is 6.03. The van der Waals surface area contributed by atoms with E-state index in [9.17, 15) is 9.90 Å². The van der Waals surface area contributed by atoms with Gasteiger partial charge in [-0.05, 0) is 55.2 Å². The van der Waals surface area contributed by atoms with Crippen LogP contribution < -0.4 is 0 Å². The molecule has 1 N–H and O–H groups in total. The molecule has 2 unspecified atom stereocenters. The van der Waals surface area contributed by atoms with Crippen LogP contribution in [0.2, 0.25) is 0 Å². The SMILES string of the molecule is CC1(C)CCCC2(C)OC12C#Cc1ccc2c(C(=O)O)cccc2c1. The molecule has 3 nitrogen and oxygen atoms in total. The first kappa shape index (κ1) is 16.2. The number of hydrogen-bond donors (Lipinski definition) is 1. The van der Waals surface area contributed by atoms with Crippen molar-refractivity contribution in [2.75, 3.05) is 0 Å². The molecule has 3 heteroatoms. The number of epoxide rings is 1. The molecule has 1 aliphatic carbocycles. The van der Waals surface area contributed by atoms with Crippen LogP contribution in [0.25, 0.3) is 10.8 Å². The second kappa shape index (κ2) is 5.09. The Balaban J connectivity index is 1.74. The highest BCUT2D eigenvalue weighted by Crippen LogP contribution is 2.64. The fourth-order valence-corrected chi connectivity index (χ4v) is 4.47. The summed E-state index contributed by atoms with van der Waals surface area (Å²) in [5.41, 5.74) is 0.761. The first-order valence-corrected chi connectivity index (χ1v) is 8.78. The summed E-state index contributed by atoms with van der Waals surface area (Å²) in [4.78, 5) is 11.3. The lowest BCUT2D eigenvalue weighted by atomic mass is 9.64. The molecule has 1 aliphatic heterocycles. The Hall–Kier alpha value is -2.31. The van der Waals surface area contributed by atoms with Gasteiger partial charge in [-0.2, -0.15) is 0 Å². The van der Waals surface area contributed by atoms with Gasteiger partial charge in [0, 0.05) is 11.0 Å². The predicted octanol–water partition coefficient (Wildman–Crippen LogP) is 4.63. The first-order chi connectivity index (χ1) is 11.8. The van der Waals surface area contributed by atoms with E-state index in [0.29, 0.717) is 5.56 Å². The van der Waals surface area contributed by atoms with Crippen LogP contribution in [0, 0.1) is 17.3 Å². The maximum atomic E-state index is 11.3. The minimum absolute atomic E-state index is 0.0420. The van der Waals surface area contributed by atoms with E-state index in [1.54, 1.807) is 12.1 Å². The minimum atomic E-state index is -0.908. The molecule has 1 saturated carbocycles. The van der Waals surface area contributed by atoms with E-state index in [0.717, 1.165) is 29.2 Å². The Labute approximate surface area is 148 Å². The van der Waals surface area contributed by atoms with E-state index in [2.05, 4.69) is 32.6 Å². The van der Waals surface area contributed by atoms with Gasteiger partial charge in [-0.25, -0.2) is 4.79 Å². The summed E-state index contributed by atoms with van der Waals surface area (Å²) in [6, 6.07) is 11.0. The van der Waals surface area contributed by atoms with Crippen molar-refractivity contribution in [3.05, 3.63) is 47.5 Å². The third-order valence-electron chi connectivity index (χ3n) is 5.98. The second-order valence-electron chi connectivity index (χ2n) is 8.05. The molecular weight excluding hydrogens is 312 g/mol. The maximum absolute atomic E-state index is 11.3. The van der Waals surface area contributed by atoms with Crippen LogP contribution in [0.4, 0.5) is 0 Å². The smallest absolute Gasteiger partial charge is 0.336 e. The molecule has 2 aromatic carbocycles. The van der Waals surface area contributed by atoms with Gasteiger partial charge in [0.1, 0.15) is 5.60 Å². The standard InChI is InChI=1S/C22H22O3/c1-20(2)11-5-12-21(3)22(20,25-21)13-10-15-8-9-17-16(14-15)6-4-7-18(17)19(23)24/h4,6-9,14H,5,11-12H2,1-3H3,(H,23,24). The van der Waals surface area contributed by atoms with E-state index >= 15 is 0 Å². The Morgan fingerprint density at radius 1 is 1.16 bits per heavy atom. The minimum Gasteiger partial charge on any atom is -0.478 e. The second-order valence-corrected chi connectivity index (χ2v) is 8.05. The van der Waals surface area contributed by atoms with Crippen molar-refractivity contribution >= 4 is 16.7 Å². The molecule has 0 aromatic heterocycles. The van der Waals surface area contributed by atoms with E-state index in [1.165, 1.54) is 6.42 Å². The van der Waals surface area contributed by atoms with Gasteiger partial charge in [-0.3, -0.25) is 0 Å². The quantitative estimate of drug-likeness (QED) is 0.611. The zero-order chi connectivity index (χ0) is 17.9. The summed E-state index contributed by atoms with van der Waals surface area (Å²) >= 11 is 0. The van der Waals surface area contributed by atoms with Gasteiger partial charge in [-0.15, -0.1) is 0 Å². The van der Waals surface area contributed by atoms with Crippen LogP contribution in [0.3, 0.4) is 0 Å². The molecule has 0 spiro atoms. The van der Waals surface area contributed by atoms with Crippen LogP contribution in [-0.4, -0.2) is 22.3 Å². The first-order valence-electron chi connectivity index (χ1n) is 8.78. The molecule has 25 heavy (non-hydrogen) atoms. The molecule has 1 heterocycles. The zero-order valence-corrected chi connectivity index (χ0v) is 14.8. The number of fused-ring (bicyclic) bond motifs is 2. The Morgan fingerprint density at radius 2 is 1.96 bits per heavy atom. The third-order valence-corrected chi connectivity index (χ3v) is 5.98. The molecule has 0 bridgehead atoms. The van der Waals surface area contributed by atoms with E-state index < -0.39 is 5.97 Å². The molecule has 0 amide bonds. The average Bonchev–Trinajstić information content (AvgIpc) is 3.19. The number of carbonyl (C=O) groups is 1. The van der Waals surface area contributed by atoms with Gasteiger partial charge >= 0.3 is 5.97 Å². The van der Waals surface area contributed by atoms with Crippen molar-refractivity contribution < 1.29 is 14.6 Å². The fraction of sp³-hybridized carbons (Fsp3) is 0.409. The monoisotopic (exact) mass is 334 g/mol. The van der Waals surface area contributed by atoms with Gasteiger partial charge in [0.15, 0.2) is 5.60 Å². The van der Waals surface area contributed by atoms with Crippen molar-refractivity contribution in [2.45, 2.75) is 51.2 Å². The van der Waals surface area contributed by atoms with Gasteiger partial charge in [0.05, 0.1) is 5.56 Å². The lowest BCUT2D eigenvalue weighted by Gasteiger charge is -2.34. The van der Waals surface area contributed by atoms with Crippen molar-refractivity contribution in [3.63, 3.8) is 0 Å². The number of benzene rings is 2. The molecular formula is C22H22O3. The summed E-state index contributed by atoms with van der Waals surface area (Å²) in [6.45, 7) is 6.65. The summed E-state index contributed by atoms with van der Waals surface area (Å²) in [5, 5.41) is 10.9. The predicted molar refractivity (Wildman–Crippen MR) is 97.6 cm³/mol. The Bertz CT molecular complexity index is 947. The number of carboxylic acid groups (broad SMARTS) is 1.